The maximum Gasteiger partial charge on any atom is 0.463 e. The lowest BCUT2D eigenvalue weighted by molar-refractivity contribution is 0.211. The highest BCUT2D eigenvalue weighted by Gasteiger charge is 2.30. The number of nitrogens with zero attached hydrogens (tertiary/aromatic N) is 1. The largest absolute Gasteiger partial charge is 0.507 e. The van der Waals surface area contributed by atoms with Crippen LogP contribution < -0.4 is 9.05 Å². The Labute approximate surface area is 319 Å². The Morgan fingerprint density at radius 1 is 0.519 bits per heavy atom. The Bertz CT molecular complexity index is 1550. The fraction of sp³-hybridized carbons (Fsp3) is 0.609. The number of phenolic OH excluding ortho intramolecular Hbond substituents is 1. The number of benzene rings is 3. The molecule has 0 atom stereocenters. The Morgan fingerprint density at radius 3 is 1.21 bits per heavy atom. The SMILES string of the molecule is CN(CCOP(Oc1ccc(C(C)(C)C)cc1C(C)(C)C)Oc1ccc(C(C)(C)C)cc1C(C)(C)C)Cc1cc(C(C)(C)C)c(O)c(C(C)(C)C)c1. The van der Waals surface area contributed by atoms with Crippen LogP contribution in [0.5, 0.6) is 17.2 Å². The molecule has 0 unspecified atom stereocenters. The molecule has 6 heteroatoms. The topological polar surface area (TPSA) is 51.2 Å². The molecule has 290 valence electrons. The van der Waals surface area contributed by atoms with E-state index in [1.54, 1.807) is 0 Å². The van der Waals surface area contributed by atoms with Gasteiger partial charge in [0.1, 0.15) is 17.2 Å². The molecule has 0 bridgehead atoms. The second-order valence-electron chi connectivity index (χ2n) is 20.9. The molecule has 0 spiro atoms. The molecule has 3 rings (SSSR count). The fourth-order valence-corrected chi connectivity index (χ4v) is 7.16. The van der Waals surface area contributed by atoms with Crippen molar-refractivity contribution in [3.05, 3.63) is 87.5 Å². The van der Waals surface area contributed by atoms with Crippen molar-refractivity contribution in [3.8, 4) is 17.2 Å². The number of hydrogen-bond acceptors (Lipinski definition) is 5. The first-order chi connectivity index (χ1) is 23.4. The molecule has 3 aromatic carbocycles. The van der Waals surface area contributed by atoms with Crippen molar-refractivity contribution in [3.63, 3.8) is 0 Å². The third-order valence-electron chi connectivity index (χ3n) is 9.56. The first kappa shape index (κ1) is 43.8. The molecule has 0 fully saturated rings. The Hall–Kier alpha value is -2.59. The van der Waals surface area contributed by atoms with E-state index >= 15 is 0 Å². The van der Waals surface area contributed by atoms with Gasteiger partial charge >= 0.3 is 8.60 Å². The van der Waals surface area contributed by atoms with Gasteiger partial charge in [-0.1, -0.05) is 161 Å². The van der Waals surface area contributed by atoms with Gasteiger partial charge in [0.15, 0.2) is 0 Å². The monoisotopic (exact) mass is 734 g/mol. The van der Waals surface area contributed by atoms with Gasteiger partial charge in [-0.25, -0.2) is 0 Å². The van der Waals surface area contributed by atoms with Crippen LogP contribution in [0.25, 0.3) is 0 Å². The first-order valence-corrected chi connectivity index (χ1v) is 20.1. The molecule has 0 aliphatic rings. The van der Waals surface area contributed by atoms with E-state index in [4.69, 9.17) is 13.6 Å². The highest BCUT2D eigenvalue weighted by atomic mass is 31.2. The van der Waals surface area contributed by atoms with Crippen LogP contribution in [-0.2, 0) is 43.6 Å². The Balaban J connectivity index is 1.98. The summed E-state index contributed by atoms with van der Waals surface area (Å²) in [4.78, 5) is 2.26. The molecule has 0 amide bonds. The molecule has 5 nitrogen and oxygen atoms in total. The van der Waals surface area contributed by atoms with E-state index in [0.29, 0.717) is 18.9 Å². The third-order valence-corrected chi connectivity index (χ3v) is 10.6. The summed E-state index contributed by atoms with van der Waals surface area (Å²) in [7, 11) is 0.300. The summed E-state index contributed by atoms with van der Waals surface area (Å²) in [5.74, 6) is 1.99. The molecule has 0 saturated carbocycles. The lowest BCUT2D eigenvalue weighted by Crippen LogP contribution is -2.24. The molecule has 0 aromatic heterocycles. The number of likely N-dealkylation sites (N-methyl/N-ethyl adjacent to an activating group) is 1. The molecule has 52 heavy (non-hydrogen) atoms. The maximum atomic E-state index is 11.3. The highest BCUT2D eigenvalue weighted by Crippen LogP contribution is 2.48. The molecule has 0 aliphatic heterocycles. The van der Waals surface area contributed by atoms with E-state index < -0.39 is 8.60 Å². The summed E-state index contributed by atoms with van der Waals surface area (Å²) < 4.78 is 20.2. The summed E-state index contributed by atoms with van der Waals surface area (Å²) in [6.07, 6.45) is 0. The van der Waals surface area contributed by atoms with Crippen LogP contribution >= 0.6 is 8.60 Å². The van der Waals surface area contributed by atoms with E-state index in [-0.39, 0.29) is 32.5 Å². The maximum absolute atomic E-state index is 11.3. The number of aromatic hydroxyl groups is 1. The zero-order chi connectivity index (χ0) is 39.8. The van der Waals surface area contributed by atoms with Crippen molar-refractivity contribution in [1.82, 2.24) is 4.90 Å². The van der Waals surface area contributed by atoms with E-state index in [2.05, 4.69) is 185 Å². The van der Waals surface area contributed by atoms with Gasteiger partial charge in [-0.15, -0.1) is 0 Å². The fourth-order valence-electron chi connectivity index (χ4n) is 6.15. The first-order valence-electron chi connectivity index (χ1n) is 19.0. The molecule has 0 heterocycles. The van der Waals surface area contributed by atoms with E-state index in [0.717, 1.165) is 40.3 Å². The second kappa shape index (κ2) is 15.6. The summed E-state index contributed by atoms with van der Waals surface area (Å²) in [5.41, 5.74) is 7.29. The zero-order valence-corrected chi connectivity index (χ0v) is 37.2. The van der Waals surface area contributed by atoms with Gasteiger partial charge in [0.2, 0.25) is 0 Å². The third kappa shape index (κ3) is 11.7. The van der Waals surface area contributed by atoms with Crippen LogP contribution in [0.15, 0.2) is 48.5 Å². The predicted molar refractivity (Wildman–Crippen MR) is 224 cm³/mol. The average Bonchev–Trinajstić information content (AvgIpc) is 2.94. The Kier molecular flexibility index (Phi) is 13.2. The quantitative estimate of drug-likeness (QED) is 0.210. The van der Waals surface area contributed by atoms with Crippen molar-refractivity contribution < 1.29 is 18.7 Å². The minimum Gasteiger partial charge on any atom is -0.507 e. The van der Waals surface area contributed by atoms with Gasteiger partial charge in [-0.3, -0.25) is 9.42 Å². The molecular weight excluding hydrogens is 661 g/mol. The van der Waals surface area contributed by atoms with Crippen LogP contribution in [0.4, 0.5) is 0 Å². The molecule has 1 N–H and O–H groups in total. The minimum absolute atomic E-state index is 0.00997. The smallest absolute Gasteiger partial charge is 0.463 e. The lowest BCUT2D eigenvalue weighted by Gasteiger charge is -2.30. The normalized spacial score (nSPS) is 13.6. The summed E-state index contributed by atoms with van der Waals surface area (Å²) >= 11 is 0. The Morgan fingerprint density at radius 2 is 0.885 bits per heavy atom. The molecule has 3 aromatic rings. The molecular formula is C46H72NO4P. The van der Waals surface area contributed by atoms with E-state index in [1.165, 1.54) is 16.7 Å². The van der Waals surface area contributed by atoms with Crippen molar-refractivity contribution in [2.45, 2.75) is 164 Å². The van der Waals surface area contributed by atoms with Crippen molar-refractivity contribution in [1.29, 1.82) is 0 Å². The van der Waals surface area contributed by atoms with Gasteiger partial charge in [0.25, 0.3) is 0 Å². The zero-order valence-electron chi connectivity index (χ0n) is 36.3. The number of hydrogen-bond donors (Lipinski definition) is 1. The number of phenols is 1. The summed E-state index contributed by atoms with van der Waals surface area (Å²) in [6.45, 7) is 41.6. The van der Waals surface area contributed by atoms with Crippen LogP contribution in [-0.4, -0.2) is 30.2 Å². The van der Waals surface area contributed by atoms with E-state index in [9.17, 15) is 5.11 Å². The van der Waals surface area contributed by atoms with E-state index in [1.807, 2.05) is 0 Å². The van der Waals surface area contributed by atoms with Crippen molar-refractivity contribution in [2.24, 2.45) is 0 Å². The number of rotatable bonds is 10. The van der Waals surface area contributed by atoms with Gasteiger partial charge in [-0.05, 0) is 79.5 Å². The van der Waals surface area contributed by atoms with Crippen LogP contribution in [0.2, 0.25) is 0 Å². The van der Waals surface area contributed by atoms with Gasteiger partial charge in [0, 0.05) is 24.2 Å². The molecule has 0 radical (unpaired) electrons. The molecule has 0 saturated heterocycles. The second-order valence-corrected chi connectivity index (χ2v) is 22.0. The van der Waals surface area contributed by atoms with Crippen molar-refractivity contribution >= 4 is 8.60 Å². The summed E-state index contributed by atoms with van der Waals surface area (Å²) in [5, 5.41) is 11.3. The van der Waals surface area contributed by atoms with Crippen LogP contribution in [0.1, 0.15) is 164 Å². The average molecular weight is 734 g/mol. The van der Waals surface area contributed by atoms with Gasteiger partial charge in [0.05, 0.1) is 6.61 Å². The standard InChI is InChI=1S/C46H72NO4P/c1-41(2,3)32-20-22-38(34(28-32)43(7,8)9)50-52(51-39-23-21-33(42(4,5)6)29-35(39)44(10,11)12)49-25-24-47(19)30-31-26-36(45(13,14)15)40(48)37(27-31)46(16,17)18/h20-23,26-29,48H,24-25,30H2,1-19H3. The highest BCUT2D eigenvalue weighted by molar-refractivity contribution is 7.42. The molecule has 0 aliphatic carbocycles. The van der Waals surface area contributed by atoms with Crippen LogP contribution in [0.3, 0.4) is 0 Å². The lowest BCUT2D eigenvalue weighted by atomic mass is 9.78. The van der Waals surface area contributed by atoms with Crippen LogP contribution in [0, 0.1) is 0 Å². The van der Waals surface area contributed by atoms with Gasteiger partial charge in [-0.2, -0.15) is 0 Å². The van der Waals surface area contributed by atoms with Gasteiger partial charge < -0.3 is 14.2 Å². The van der Waals surface area contributed by atoms with Crippen molar-refractivity contribution in [2.75, 3.05) is 20.2 Å². The summed E-state index contributed by atoms with van der Waals surface area (Å²) in [6, 6.07) is 17.4. The minimum atomic E-state index is -1.81. The predicted octanol–water partition coefficient (Wildman–Crippen LogP) is 13.0.